The third-order valence-electron chi connectivity index (χ3n) is 6.17. The summed E-state index contributed by atoms with van der Waals surface area (Å²) in [5.74, 6) is 2.36. The number of nitrogens with one attached hydrogen (secondary N) is 1. The maximum atomic E-state index is 12.6. The van der Waals surface area contributed by atoms with Gasteiger partial charge in [0.05, 0.1) is 18.0 Å². The van der Waals surface area contributed by atoms with Crippen LogP contribution in [0.2, 0.25) is 0 Å². The van der Waals surface area contributed by atoms with Crippen LogP contribution in [0.25, 0.3) is 0 Å². The fraction of sp³-hybridized carbons (Fsp3) is 0.320. The summed E-state index contributed by atoms with van der Waals surface area (Å²) in [6.07, 6.45) is 0. The van der Waals surface area contributed by atoms with Crippen molar-refractivity contribution in [3.63, 3.8) is 0 Å². The van der Waals surface area contributed by atoms with Crippen molar-refractivity contribution in [2.24, 2.45) is 0 Å². The van der Waals surface area contributed by atoms with E-state index in [1.807, 2.05) is 41.8 Å². The summed E-state index contributed by atoms with van der Waals surface area (Å²) in [6.45, 7) is 4.37. The van der Waals surface area contributed by atoms with Gasteiger partial charge in [-0.1, -0.05) is 12.1 Å². The number of anilines is 1. The largest absolute Gasteiger partial charge is 0.497 e. The van der Waals surface area contributed by atoms with E-state index in [2.05, 4.69) is 33.3 Å². The minimum absolute atomic E-state index is 0.0346. The molecule has 1 N–H and O–H groups in total. The SMILES string of the molecule is COc1ccc(N2CCN(C(CNC(=O)c3cccs3)c3ccc4c(c3)OCO4)CC2)cc1. The highest BCUT2D eigenvalue weighted by Gasteiger charge is 2.27. The van der Waals surface area contributed by atoms with Crippen LogP contribution in [0.4, 0.5) is 5.69 Å². The Morgan fingerprint density at radius 1 is 1.06 bits per heavy atom. The van der Waals surface area contributed by atoms with Gasteiger partial charge in [0.25, 0.3) is 5.91 Å². The van der Waals surface area contributed by atoms with Crippen LogP contribution in [0, 0.1) is 0 Å². The third kappa shape index (κ3) is 4.77. The van der Waals surface area contributed by atoms with E-state index in [4.69, 9.17) is 14.2 Å². The molecule has 7 nitrogen and oxygen atoms in total. The van der Waals surface area contributed by atoms with Crippen molar-refractivity contribution in [3.05, 3.63) is 70.4 Å². The Bertz CT molecular complexity index is 1080. The topological polar surface area (TPSA) is 63.3 Å². The standard InChI is InChI=1S/C25H27N3O4S/c1-30-20-7-5-19(6-8-20)27-10-12-28(13-11-27)21(16-26-25(29)24-3-2-14-33-24)18-4-9-22-23(15-18)32-17-31-22/h2-9,14-15,21H,10-13,16-17H2,1H3,(H,26,29). The number of carbonyl (C=O) groups excluding carboxylic acids is 1. The number of nitrogens with zero attached hydrogens (tertiary/aromatic N) is 2. The molecule has 1 unspecified atom stereocenters. The lowest BCUT2D eigenvalue weighted by Gasteiger charge is -2.40. The van der Waals surface area contributed by atoms with Crippen molar-refractivity contribution >= 4 is 22.9 Å². The molecule has 3 heterocycles. The average Bonchev–Trinajstić information content (AvgIpc) is 3.57. The molecule has 0 radical (unpaired) electrons. The molecule has 2 aromatic carbocycles. The van der Waals surface area contributed by atoms with Crippen LogP contribution < -0.4 is 24.4 Å². The number of hydrogen-bond donors (Lipinski definition) is 1. The molecule has 1 fully saturated rings. The first-order chi connectivity index (χ1) is 16.2. The molecule has 5 rings (SSSR count). The van der Waals surface area contributed by atoms with Crippen LogP contribution in [0.3, 0.4) is 0 Å². The van der Waals surface area contributed by atoms with Crippen molar-refractivity contribution in [2.75, 3.05) is 51.5 Å². The summed E-state index contributed by atoms with van der Waals surface area (Å²) in [5, 5.41) is 5.05. The van der Waals surface area contributed by atoms with Gasteiger partial charge < -0.3 is 24.4 Å². The van der Waals surface area contributed by atoms with E-state index in [9.17, 15) is 4.79 Å². The monoisotopic (exact) mass is 465 g/mol. The van der Waals surface area contributed by atoms with Crippen LogP contribution in [-0.2, 0) is 0 Å². The van der Waals surface area contributed by atoms with E-state index in [0.29, 0.717) is 6.54 Å². The molecule has 0 spiro atoms. The second-order valence-electron chi connectivity index (χ2n) is 8.04. The molecule has 0 saturated carbocycles. The van der Waals surface area contributed by atoms with E-state index in [-0.39, 0.29) is 18.7 Å². The zero-order valence-corrected chi connectivity index (χ0v) is 19.3. The molecule has 172 valence electrons. The maximum Gasteiger partial charge on any atom is 0.261 e. The Hall–Kier alpha value is -3.23. The summed E-state index contributed by atoms with van der Waals surface area (Å²) in [6, 6.07) is 18.1. The Labute approximate surface area is 197 Å². The molecular weight excluding hydrogens is 438 g/mol. The van der Waals surface area contributed by atoms with Crippen molar-refractivity contribution < 1.29 is 19.0 Å². The Morgan fingerprint density at radius 3 is 2.58 bits per heavy atom. The molecule has 1 saturated heterocycles. The fourth-order valence-corrected chi connectivity index (χ4v) is 4.99. The summed E-state index contributed by atoms with van der Waals surface area (Å²) in [7, 11) is 1.68. The van der Waals surface area contributed by atoms with Crippen molar-refractivity contribution in [2.45, 2.75) is 6.04 Å². The fourth-order valence-electron chi connectivity index (χ4n) is 4.35. The molecule has 33 heavy (non-hydrogen) atoms. The number of amides is 1. The van der Waals surface area contributed by atoms with Crippen LogP contribution in [0.5, 0.6) is 17.2 Å². The van der Waals surface area contributed by atoms with Crippen molar-refractivity contribution in [1.29, 1.82) is 0 Å². The highest BCUT2D eigenvalue weighted by molar-refractivity contribution is 7.12. The smallest absolute Gasteiger partial charge is 0.261 e. The Balaban J connectivity index is 1.30. The Kier molecular flexibility index (Phi) is 6.37. The molecule has 3 aromatic rings. The number of fused-ring (bicyclic) bond motifs is 1. The predicted molar refractivity (Wildman–Crippen MR) is 129 cm³/mol. The average molecular weight is 466 g/mol. The van der Waals surface area contributed by atoms with Gasteiger partial charge in [-0.2, -0.15) is 0 Å². The lowest BCUT2D eigenvalue weighted by Crippen LogP contribution is -2.49. The van der Waals surface area contributed by atoms with E-state index in [1.165, 1.54) is 17.0 Å². The number of rotatable bonds is 7. The first-order valence-corrected chi connectivity index (χ1v) is 11.9. The first-order valence-electron chi connectivity index (χ1n) is 11.1. The molecule has 1 amide bonds. The minimum Gasteiger partial charge on any atom is -0.497 e. The van der Waals surface area contributed by atoms with Crippen molar-refractivity contribution in [1.82, 2.24) is 10.2 Å². The van der Waals surface area contributed by atoms with E-state index in [0.717, 1.165) is 53.9 Å². The molecule has 2 aliphatic rings. The molecule has 8 heteroatoms. The van der Waals surface area contributed by atoms with Gasteiger partial charge in [0.1, 0.15) is 5.75 Å². The van der Waals surface area contributed by atoms with Gasteiger partial charge in [0, 0.05) is 38.4 Å². The molecule has 2 aliphatic heterocycles. The number of piperazine rings is 1. The van der Waals surface area contributed by atoms with E-state index >= 15 is 0 Å². The predicted octanol–water partition coefficient (Wildman–Crippen LogP) is 3.78. The van der Waals surface area contributed by atoms with Gasteiger partial charge in [-0.3, -0.25) is 9.69 Å². The lowest BCUT2D eigenvalue weighted by molar-refractivity contribution is 0.0934. The number of ether oxygens (including phenoxy) is 3. The molecule has 1 atom stereocenters. The second-order valence-corrected chi connectivity index (χ2v) is 8.98. The molecular formula is C25H27N3O4S. The van der Waals surface area contributed by atoms with Gasteiger partial charge >= 0.3 is 0 Å². The van der Waals surface area contributed by atoms with Gasteiger partial charge in [-0.05, 0) is 53.4 Å². The van der Waals surface area contributed by atoms with Crippen LogP contribution >= 0.6 is 11.3 Å². The highest BCUT2D eigenvalue weighted by Crippen LogP contribution is 2.36. The second kappa shape index (κ2) is 9.72. The lowest BCUT2D eigenvalue weighted by atomic mass is 10.0. The summed E-state index contributed by atoms with van der Waals surface area (Å²) < 4.78 is 16.4. The zero-order chi connectivity index (χ0) is 22.6. The summed E-state index contributed by atoms with van der Waals surface area (Å²) in [5.41, 5.74) is 2.31. The summed E-state index contributed by atoms with van der Waals surface area (Å²) in [4.78, 5) is 18.2. The van der Waals surface area contributed by atoms with Gasteiger partial charge in [0.2, 0.25) is 6.79 Å². The Morgan fingerprint density at radius 2 is 1.85 bits per heavy atom. The normalized spacial score (nSPS) is 16.5. The molecule has 1 aromatic heterocycles. The highest BCUT2D eigenvalue weighted by atomic mass is 32.1. The number of benzene rings is 2. The van der Waals surface area contributed by atoms with Crippen LogP contribution in [0.15, 0.2) is 60.0 Å². The van der Waals surface area contributed by atoms with Crippen LogP contribution in [0.1, 0.15) is 21.3 Å². The molecule has 0 bridgehead atoms. The van der Waals surface area contributed by atoms with Crippen molar-refractivity contribution in [3.8, 4) is 17.2 Å². The minimum atomic E-state index is -0.0346. The quantitative estimate of drug-likeness (QED) is 0.573. The van der Waals surface area contributed by atoms with E-state index in [1.54, 1.807) is 7.11 Å². The van der Waals surface area contributed by atoms with Crippen LogP contribution in [-0.4, -0.2) is 57.4 Å². The van der Waals surface area contributed by atoms with Gasteiger partial charge in [-0.25, -0.2) is 0 Å². The summed E-state index contributed by atoms with van der Waals surface area (Å²) >= 11 is 1.45. The number of carbonyl (C=O) groups is 1. The number of methoxy groups -OCH3 is 1. The third-order valence-corrected chi connectivity index (χ3v) is 7.04. The molecule has 0 aliphatic carbocycles. The van der Waals surface area contributed by atoms with E-state index < -0.39 is 0 Å². The first kappa shape index (κ1) is 21.6. The zero-order valence-electron chi connectivity index (χ0n) is 18.5. The maximum absolute atomic E-state index is 12.6. The van der Waals surface area contributed by atoms with Gasteiger partial charge in [0.15, 0.2) is 11.5 Å². The van der Waals surface area contributed by atoms with Gasteiger partial charge in [-0.15, -0.1) is 11.3 Å². The number of hydrogen-bond acceptors (Lipinski definition) is 7. The number of thiophene rings is 1.